The van der Waals surface area contributed by atoms with E-state index in [0.717, 1.165) is 36.9 Å². The Hall–Kier alpha value is -3.29. The van der Waals surface area contributed by atoms with Crippen molar-refractivity contribution in [3.05, 3.63) is 52.6 Å². The lowest BCUT2D eigenvalue weighted by Crippen LogP contribution is -2.45. The minimum Gasteiger partial charge on any atom is -0.488 e. The summed E-state index contributed by atoms with van der Waals surface area (Å²) < 4.78 is 16.8. The van der Waals surface area contributed by atoms with Gasteiger partial charge in [0, 0.05) is 25.6 Å². The van der Waals surface area contributed by atoms with Gasteiger partial charge in [0.1, 0.15) is 29.2 Å². The minimum atomic E-state index is -0.434. The fourth-order valence-electron chi connectivity index (χ4n) is 4.31. The molecule has 4 heterocycles. The number of aromatic nitrogens is 1. The molecule has 30 heavy (non-hydrogen) atoms. The van der Waals surface area contributed by atoms with Crippen LogP contribution in [0.2, 0.25) is 0 Å². The quantitative estimate of drug-likeness (QED) is 0.655. The van der Waals surface area contributed by atoms with Crippen molar-refractivity contribution in [2.75, 3.05) is 24.5 Å². The first-order valence-electron chi connectivity index (χ1n) is 10.3. The van der Waals surface area contributed by atoms with Crippen LogP contribution in [0.25, 0.3) is 11.1 Å². The molecule has 2 fully saturated rings. The van der Waals surface area contributed by atoms with Crippen LogP contribution in [0.5, 0.6) is 5.75 Å². The van der Waals surface area contributed by atoms with E-state index in [1.807, 2.05) is 34.1 Å². The molecule has 0 bridgehead atoms. The van der Waals surface area contributed by atoms with Gasteiger partial charge in [-0.1, -0.05) is 12.1 Å². The number of hydrogen-bond donors (Lipinski definition) is 0. The van der Waals surface area contributed by atoms with Gasteiger partial charge < -0.3 is 23.4 Å². The maximum atomic E-state index is 13.2. The molecule has 0 saturated carbocycles. The second-order valence-corrected chi connectivity index (χ2v) is 7.85. The van der Waals surface area contributed by atoms with Gasteiger partial charge in [-0.2, -0.15) is 4.98 Å². The summed E-state index contributed by atoms with van der Waals surface area (Å²) in [6.07, 6.45) is 2.27. The van der Waals surface area contributed by atoms with Crippen LogP contribution in [0.15, 0.2) is 50.0 Å². The SMILES string of the molecule is Cc1cc(OC2CCN(C(=O)C3CCCN3c3nc4ccccc4o3)C2)cc(=O)o1. The predicted octanol–water partition coefficient (Wildman–Crippen LogP) is 2.74. The molecule has 0 N–H and O–H groups in total. The van der Waals surface area contributed by atoms with E-state index in [2.05, 4.69) is 4.98 Å². The molecule has 8 nitrogen and oxygen atoms in total. The third-order valence-corrected chi connectivity index (χ3v) is 5.69. The van der Waals surface area contributed by atoms with Gasteiger partial charge in [0.15, 0.2) is 5.58 Å². The van der Waals surface area contributed by atoms with Crippen molar-refractivity contribution >= 4 is 23.0 Å². The molecule has 2 saturated heterocycles. The number of nitrogens with zero attached hydrogens (tertiary/aromatic N) is 3. The summed E-state index contributed by atoms with van der Waals surface area (Å²) in [7, 11) is 0. The molecular weight excluding hydrogens is 386 g/mol. The number of fused-ring (bicyclic) bond motifs is 1. The van der Waals surface area contributed by atoms with Gasteiger partial charge in [-0.15, -0.1) is 0 Å². The fraction of sp³-hybridized carbons (Fsp3) is 0.409. The molecule has 1 amide bonds. The van der Waals surface area contributed by atoms with E-state index in [4.69, 9.17) is 13.6 Å². The van der Waals surface area contributed by atoms with E-state index in [1.165, 1.54) is 6.07 Å². The lowest BCUT2D eigenvalue weighted by atomic mass is 10.2. The Balaban J connectivity index is 1.27. The Morgan fingerprint density at radius 3 is 2.87 bits per heavy atom. The number of oxazole rings is 1. The minimum absolute atomic E-state index is 0.0737. The van der Waals surface area contributed by atoms with Crippen LogP contribution < -0.4 is 15.3 Å². The zero-order chi connectivity index (χ0) is 20.7. The molecule has 2 aromatic heterocycles. The molecule has 2 unspecified atom stereocenters. The van der Waals surface area contributed by atoms with Crippen molar-refractivity contribution in [3.8, 4) is 5.75 Å². The highest BCUT2D eigenvalue weighted by molar-refractivity contribution is 5.86. The van der Waals surface area contributed by atoms with Crippen LogP contribution in [-0.4, -0.2) is 47.6 Å². The number of amides is 1. The number of benzene rings is 1. The maximum absolute atomic E-state index is 13.2. The number of rotatable bonds is 4. The second kappa shape index (κ2) is 7.51. The second-order valence-electron chi connectivity index (χ2n) is 7.85. The summed E-state index contributed by atoms with van der Waals surface area (Å²) in [5.74, 6) is 1.06. The van der Waals surface area contributed by atoms with E-state index >= 15 is 0 Å². The molecule has 2 atom stereocenters. The Morgan fingerprint density at radius 1 is 1.17 bits per heavy atom. The largest absolute Gasteiger partial charge is 0.488 e. The molecule has 0 aliphatic carbocycles. The lowest BCUT2D eigenvalue weighted by molar-refractivity contribution is -0.131. The molecular formula is C22H23N3O5. The van der Waals surface area contributed by atoms with E-state index in [1.54, 1.807) is 13.0 Å². The van der Waals surface area contributed by atoms with Gasteiger partial charge in [-0.25, -0.2) is 4.79 Å². The standard InChI is InChI=1S/C22H23N3O5/c1-14-11-16(12-20(26)28-14)29-15-8-10-24(13-15)21(27)18-6-4-9-25(18)22-23-17-5-2-3-7-19(17)30-22/h2-3,5,7,11-12,15,18H,4,6,8-10,13H2,1H3. The maximum Gasteiger partial charge on any atom is 0.339 e. The van der Waals surface area contributed by atoms with Gasteiger partial charge in [-0.05, 0) is 31.9 Å². The fourth-order valence-corrected chi connectivity index (χ4v) is 4.31. The summed E-state index contributed by atoms with van der Waals surface area (Å²) in [5, 5.41) is 0. The van der Waals surface area contributed by atoms with Crippen molar-refractivity contribution in [2.45, 2.75) is 38.3 Å². The Labute approximate surface area is 173 Å². The van der Waals surface area contributed by atoms with Gasteiger partial charge >= 0.3 is 5.63 Å². The molecule has 5 rings (SSSR count). The molecule has 0 radical (unpaired) electrons. The number of para-hydroxylation sites is 2. The summed E-state index contributed by atoms with van der Waals surface area (Å²) >= 11 is 0. The van der Waals surface area contributed by atoms with Gasteiger partial charge in [-0.3, -0.25) is 4.79 Å². The Morgan fingerprint density at radius 2 is 2.03 bits per heavy atom. The van der Waals surface area contributed by atoms with Gasteiger partial charge in [0.2, 0.25) is 5.91 Å². The molecule has 156 valence electrons. The highest BCUT2D eigenvalue weighted by Gasteiger charge is 2.39. The third-order valence-electron chi connectivity index (χ3n) is 5.69. The first kappa shape index (κ1) is 18.7. The summed E-state index contributed by atoms with van der Waals surface area (Å²) in [5.41, 5.74) is 1.08. The monoisotopic (exact) mass is 409 g/mol. The zero-order valence-corrected chi connectivity index (χ0v) is 16.7. The smallest absolute Gasteiger partial charge is 0.339 e. The number of carbonyl (C=O) groups is 1. The highest BCUT2D eigenvalue weighted by Crippen LogP contribution is 2.30. The summed E-state index contributed by atoms with van der Waals surface area (Å²) in [6, 6.07) is 10.9. The number of aryl methyl sites for hydroxylation is 1. The van der Waals surface area contributed by atoms with Gasteiger partial charge in [0.25, 0.3) is 6.01 Å². The third kappa shape index (κ3) is 3.53. The molecule has 0 spiro atoms. The predicted molar refractivity (Wildman–Crippen MR) is 110 cm³/mol. The summed E-state index contributed by atoms with van der Waals surface area (Å²) in [4.78, 5) is 33.2. The molecule has 1 aromatic carbocycles. The zero-order valence-electron chi connectivity index (χ0n) is 16.7. The summed E-state index contributed by atoms with van der Waals surface area (Å²) in [6.45, 7) is 3.58. The Kier molecular flexibility index (Phi) is 4.69. The van der Waals surface area contributed by atoms with Crippen LogP contribution in [0, 0.1) is 6.92 Å². The first-order valence-corrected chi connectivity index (χ1v) is 10.3. The molecule has 8 heteroatoms. The van der Waals surface area contributed by atoms with Crippen molar-refractivity contribution < 1.29 is 18.4 Å². The lowest BCUT2D eigenvalue weighted by Gasteiger charge is -2.26. The van der Waals surface area contributed by atoms with Crippen LogP contribution in [-0.2, 0) is 4.79 Å². The van der Waals surface area contributed by atoms with Crippen LogP contribution in [0.3, 0.4) is 0 Å². The van der Waals surface area contributed by atoms with E-state index in [-0.39, 0.29) is 18.1 Å². The van der Waals surface area contributed by atoms with Crippen molar-refractivity contribution in [1.82, 2.24) is 9.88 Å². The van der Waals surface area contributed by atoms with Crippen LogP contribution in [0.1, 0.15) is 25.0 Å². The average molecular weight is 409 g/mol. The molecule has 2 aliphatic heterocycles. The number of carbonyl (C=O) groups excluding carboxylic acids is 1. The van der Waals surface area contributed by atoms with Crippen LogP contribution >= 0.6 is 0 Å². The van der Waals surface area contributed by atoms with Crippen molar-refractivity contribution in [1.29, 1.82) is 0 Å². The Bertz CT molecular complexity index is 1100. The number of ether oxygens (including phenoxy) is 1. The first-order chi connectivity index (χ1) is 14.6. The van der Waals surface area contributed by atoms with E-state index < -0.39 is 5.63 Å². The number of hydrogen-bond acceptors (Lipinski definition) is 7. The molecule has 2 aliphatic rings. The van der Waals surface area contributed by atoms with E-state index in [9.17, 15) is 9.59 Å². The number of anilines is 1. The highest BCUT2D eigenvalue weighted by atomic mass is 16.5. The normalized spacial score (nSPS) is 21.5. The van der Waals surface area contributed by atoms with Gasteiger partial charge in [0.05, 0.1) is 12.6 Å². The van der Waals surface area contributed by atoms with Crippen molar-refractivity contribution in [2.24, 2.45) is 0 Å². The van der Waals surface area contributed by atoms with Crippen LogP contribution in [0.4, 0.5) is 6.01 Å². The molecule has 3 aromatic rings. The topological polar surface area (TPSA) is 89.0 Å². The van der Waals surface area contributed by atoms with Crippen molar-refractivity contribution in [3.63, 3.8) is 0 Å². The number of likely N-dealkylation sites (tertiary alicyclic amines) is 1. The average Bonchev–Trinajstić information content (AvgIpc) is 3.45. The van der Waals surface area contributed by atoms with E-state index in [0.29, 0.717) is 30.6 Å².